The van der Waals surface area contributed by atoms with Crippen molar-refractivity contribution in [2.24, 2.45) is 0 Å². The first-order valence-electron chi connectivity index (χ1n) is 13.8. The molecule has 2 fully saturated rings. The van der Waals surface area contributed by atoms with E-state index in [1.54, 1.807) is 0 Å². The fourth-order valence-electron chi connectivity index (χ4n) is 4.46. The van der Waals surface area contributed by atoms with E-state index in [9.17, 15) is 0 Å². The van der Waals surface area contributed by atoms with Gasteiger partial charge < -0.3 is 20.4 Å². The van der Waals surface area contributed by atoms with E-state index >= 15 is 0 Å². The van der Waals surface area contributed by atoms with Gasteiger partial charge in [-0.15, -0.1) is 0 Å². The van der Waals surface area contributed by atoms with Crippen LogP contribution in [-0.4, -0.2) is 55.5 Å². The van der Waals surface area contributed by atoms with Gasteiger partial charge in [-0.3, -0.25) is 10.5 Å². The van der Waals surface area contributed by atoms with Gasteiger partial charge >= 0.3 is 12.3 Å². The summed E-state index contributed by atoms with van der Waals surface area (Å²) in [7, 11) is 0. The molecule has 0 atom stereocenters. The quantitative estimate of drug-likeness (QED) is 0.151. The lowest BCUT2D eigenvalue weighted by atomic mass is 9.99. The molecule has 2 aliphatic carbocycles. The Bertz CT molecular complexity index is 402. The maximum Gasteiger partial charge on any atom is 0.503 e. The van der Waals surface area contributed by atoms with Crippen LogP contribution in [0.5, 0.6) is 0 Å². The van der Waals surface area contributed by atoms with Crippen LogP contribution in [0.25, 0.3) is 0 Å². The molecule has 216 valence electrons. The minimum Gasteiger partial charge on any atom is -0.450 e. The molecule has 2 saturated carbocycles. The molecular formula is C26H52O10. The summed E-state index contributed by atoms with van der Waals surface area (Å²) in [6, 6.07) is 0. The zero-order valence-electron chi connectivity index (χ0n) is 22.0. The smallest absolute Gasteiger partial charge is 0.450 e. The van der Waals surface area contributed by atoms with Crippen molar-refractivity contribution in [1.29, 1.82) is 0 Å². The minimum atomic E-state index is -1.83. The van der Waals surface area contributed by atoms with Crippen LogP contribution in [0.4, 0.5) is 9.59 Å². The zero-order chi connectivity index (χ0) is 27.3. The molecular weight excluding hydrogens is 472 g/mol. The first-order chi connectivity index (χ1) is 17.3. The van der Waals surface area contributed by atoms with Crippen LogP contribution in [0.1, 0.15) is 141 Å². The van der Waals surface area contributed by atoms with Crippen molar-refractivity contribution in [2.45, 2.75) is 153 Å². The first kappa shape index (κ1) is 36.5. The molecule has 0 aromatic carbocycles. The van der Waals surface area contributed by atoms with E-state index in [4.69, 9.17) is 40.5 Å². The number of hydrogen-bond donors (Lipinski definition) is 6. The first-order valence-corrected chi connectivity index (χ1v) is 13.8. The minimum absolute atomic E-state index is 0.106. The van der Waals surface area contributed by atoms with E-state index in [0.29, 0.717) is 0 Å². The summed E-state index contributed by atoms with van der Waals surface area (Å²) in [6.07, 6.45) is 24.6. The SMILES string of the molecule is O=C(O)O.O=C(O)O.OOC1CCCCCCCCCCC1.OOC1CCCCCCCCCCC1. The predicted molar refractivity (Wildman–Crippen MR) is 138 cm³/mol. The summed E-state index contributed by atoms with van der Waals surface area (Å²) < 4.78 is 0. The van der Waals surface area contributed by atoms with Crippen molar-refractivity contribution >= 4 is 12.3 Å². The normalized spacial score (nSPS) is 19.8. The van der Waals surface area contributed by atoms with E-state index < -0.39 is 12.3 Å². The molecule has 0 unspecified atom stereocenters. The average molecular weight is 525 g/mol. The molecule has 0 aromatic heterocycles. The van der Waals surface area contributed by atoms with Gasteiger partial charge in [0.25, 0.3) is 0 Å². The van der Waals surface area contributed by atoms with E-state index in [1.165, 1.54) is 116 Å². The lowest BCUT2D eigenvalue weighted by molar-refractivity contribution is -0.281. The molecule has 10 nitrogen and oxygen atoms in total. The summed E-state index contributed by atoms with van der Waals surface area (Å²) in [5.41, 5.74) is 0. The van der Waals surface area contributed by atoms with Crippen molar-refractivity contribution in [3.05, 3.63) is 0 Å². The summed E-state index contributed by atoms with van der Waals surface area (Å²) >= 11 is 0. The Morgan fingerprint density at radius 1 is 0.389 bits per heavy atom. The van der Waals surface area contributed by atoms with E-state index in [2.05, 4.69) is 9.78 Å². The third-order valence-electron chi connectivity index (χ3n) is 6.40. The van der Waals surface area contributed by atoms with Crippen LogP contribution in [-0.2, 0) is 9.78 Å². The fourth-order valence-corrected chi connectivity index (χ4v) is 4.46. The molecule has 10 heteroatoms. The molecule has 2 aliphatic rings. The highest BCUT2D eigenvalue weighted by Gasteiger charge is 2.10. The second-order valence-corrected chi connectivity index (χ2v) is 9.54. The Morgan fingerprint density at radius 3 is 0.667 bits per heavy atom. The molecule has 0 bridgehead atoms. The molecule has 36 heavy (non-hydrogen) atoms. The van der Waals surface area contributed by atoms with Crippen LogP contribution >= 0.6 is 0 Å². The summed E-state index contributed by atoms with van der Waals surface area (Å²) in [5, 5.41) is 45.3. The van der Waals surface area contributed by atoms with Crippen molar-refractivity contribution < 1.29 is 50.3 Å². The Kier molecular flexibility index (Phi) is 30.1. The van der Waals surface area contributed by atoms with Gasteiger partial charge in [-0.2, -0.15) is 0 Å². The molecule has 2 rings (SSSR count). The maximum absolute atomic E-state index is 8.70. The standard InChI is InChI=1S/2C12H24O2.2CH2O3/c2*13-14-12-10-8-6-4-2-1-3-5-7-9-11-12;2*2-1(3)4/h2*12-13H,1-11H2;2*(H2,2,3,4). The van der Waals surface area contributed by atoms with Crippen LogP contribution in [0.15, 0.2) is 0 Å². The maximum atomic E-state index is 8.70. The predicted octanol–water partition coefficient (Wildman–Crippen LogP) is 8.74. The number of carbonyl (C=O) groups is 2. The van der Waals surface area contributed by atoms with Crippen molar-refractivity contribution in [2.75, 3.05) is 0 Å². The number of carboxylic acid groups (broad SMARTS) is 4. The average Bonchev–Trinajstić information content (AvgIpc) is 2.80. The zero-order valence-corrected chi connectivity index (χ0v) is 22.0. The summed E-state index contributed by atoms with van der Waals surface area (Å²) in [5.74, 6) is 0. The fraction of sp³-hybridized carbons (Fsp3) is 0.923. The Balaban J connectivity index is 0. The molecule has 0 saturated heterocycles. The van der Waals surface area contributed by atoms with E-state index in [-0.39, 0.29) is 12.2 Å². The van der Waals surface area contributed by atoms with Crippen LogP contribution in [0.2, 0.25) is 0 Å². The molecule has 0 aromatic rings. The van der Waals surface area contributed by atoms with Gasteiger partial charge in [0.15, 0.2) is 0 Å². The lowest BCUT2D eigenvalue weighted by Crippen LogP contribution is -2.10. The number of rotatable bonds is 2. The van der Waals surface area contributed by atoms with Crippen molar-refractivity contribution in [3.63, 3.8) is 0 Å². The van der Waals surface area contributed by atoms with Gasteiger partial charge in [0.1, 0.15) is 0 Å². The Hall–Kier alpha value is -1.62. The highest BCUT2D eigenvalue weighted by molar-refractivity contribution is 5.53. The Morgan fingerprint density at radius 2 is 0.528 bits per heavy atom. The van der Waals surface area contributed by atoms with E-state index in [0.717, 1.165) is 25.7 Å². The van der Waals surface area contributed by atoms with Crippen LogP contribution in [0, 0.1) is 0 Å². The summed E-state index contributed by atoms with van der Waals surface area (Å²) in [4.78, 5) is 26.1. The van der Waals surface area contributed by atoms with Gasteiger partial charge in [0.2, 0.25) is 0 Å². The van der Waals surface area contributed by atoms with Crippen LogP contribution in [0.3, 0.4) is 0 Å². The summed E-state index contributed by atoms with van der Waals surface area (Å²) in [6.45, 7) is 0. The van der Waals surface area contributed by atoms with Gasteiger partial charge in [-0.1, -0.05) is 116 Å². The van der Waals surface area contributed by atoms with E-state index in [1.807, 2.05) is 0 Å². The van der Waals surface area contributed by atoms with Crippen molar-refractivity contribution in [1.82, 2.24) is 0 Å². The van der Waals surface area contributed by atoms with Gasteiger partial charge in [0.05, 0.1) is 12.2 Å². The molecule has 0 heterocycles. The number of hydrogen-bond acceptors (Lipinski definition) is 6. The van der Waals surface area contributed by atoms with Gasteiger partial charge in [-0.05, 0) is 25.7 Å². The Labute approximate surface area is 216 Å². The van der Waals surface area contributed by atoms with Gasteiger partial charge in [0, 0.05) is 0 Å². The lowest BCUT2D eigenvalue weighted by Gasteiger charge is -2.14. The third-order valence-corrected chi connectivity index (χ3v) is 6.40. The van der Waals surface area contributed by atoms with Crippen LogP contribution < -0.4 is 0 Å². The highest BCUT2D eigenvalue weighted by atomic mass is 17.1. The molecule has 6 N–H and O–H groups in total. The monoisotopic (exact) mass is 524 g/mol. The molecule has 0 spiro atoms. The topological polar surface area (TPSA) is 174 Å². The molecule has 0 radical (unpaired) electrons. The molecule has 0 amide bonds. The van der Waals surface area contributed by atoms with Crippen molar-refractivity contribution in [3.8, 4) is 0 Å². The molecule has 0 aliphatic heterocycles. The third kappa shape index (κ3) is 34.5. The van der Waals surface area contributed by atoms with Gasteiger partial charge in [-0.25, -0.2) is 19.4 Å². The second-order valence-electron chi connectivity index (χ2n) is 9.54. The largest absolute Gasteiger partial charge is 0.503 e. The highest BCUT2D eigenvalue weighted by Crippen LogP contribution is 2.19. The second kappa shape index (κ2) is 29.6.